The molecule has 1 N–H and O–H groups in total. The minimum absolute atomic E-state index is 0.0500. The average Bonchev–Trinajstić information content (AvgIpc) is 3.62. The molecule has 3 aliphatic rings. The number of nitrogens with zero attached hydrogens (tertiary/aromatic N) is 3. The van der Waals surface area contributed by atoms with Crippen molar-refractivity contribution in [1.82, 2.24) is 5.06 Å². The Labute approximate surface area is 285 Å². The highest BCUT2D eigenvalue weighted by Crippen LogP contribution is 2.47. The van der Waals surface area contributed by atoms with E-state index in [0.29, 0.717) is 26.4 Å². The minimum atomic E-state index is -4.21. The van der Waals surface area contributed by atoms with Crippen molar-refractivity contribution in [1.29, 1.82) is 0 Å². The van der Waals surface area contributed by atoms with Gasteiger partial charge in [0.15, 0.2) is 0 Å². The fourth-order valence-electron chi connectivity index (χ4n) is 5.02. The summed E-state index contributed by atoms with van der Waals surface area (Å²) in [5.41, 5.74) is 1.24. The standard InChI is InChI=1S/C31H29N3O12S3/c1-32(28(37)18-45-19-30(38)46-34-26(35)13-14-27(34)36)20-11-12-22-23(17-20)47-29(33(22)15-6-16-48(40,41)42)10-5-4-9-25-31(39)21-7-2-3-8-24(21)49(25,43)44/h2-5,7-12,17H,6,13-16,18-19H2,1H3,(H,40,41,42)/b5-4+,25-9-,29-10+. The van der Waals surface area contributed by atoms with E-state index in [1.165, 1.54) is 60.1 Å². The Bertz CT molecular complexity index is 2040. The Morgan fingerprint density at radius 1 is 1.02 bits per heavy atom. The summed E-state index contributed by atoms with van der Waals surface area (Å²) >= 11 is 1.28. The highest BCUT2D eigenvalue weighted by atomic mass is 32.2. The number of fused-ring (bicyclic) bond motifs is 2. The molecule has 15 nitrogen and oxygen atoms in total. The molecule has 258 valence electrons. The van der Waals surface area contributed by atoms with Gasteiger partial charge >= 0.3 is 5.97 Å². The van der Waals surface area contributed by atoms with Gasteiger partial charge < -0.3 is 19.4 Å². The smallest absolute Gasteiger partial charge is 0.358 e. The molecule has 1 fully saturated rings. The van der Waals surface area contributed by atoms with Crippen molar-refractivity contribution >= 4 is 72.6 Å². The molecule has 0 spiro atoms. The maximum absolute atomic E-state index is 12.9. The van der Waals surface area contributed by atoms with E-state index in [1.807, 2.05) is 0 Å². The van der Waals surface area contributed by atoms with Gasteiger partial charge in [-0.15, -0.1) is 5.06 Å². The number of likely N-dealkylation sites (N-methyl/N-ethyl adjacent to an activating group) is 1. The fraction of sp³-hybridized carbons (Fsp3) is 0.258. The van der Waals surface area contributed by atoms with E-state index < -0.39 is 68.4 Å². The molecular formula is C31H29N3O12S3. The first-order valence-electron chi connectivity index (χ1n) is 14.6. The highest BCUT2D eigenvalue weighted by Gasteiger charge is 2.38. The first kappa shape index (κ1) is 35.7. The lowest BCUT2D eigenvalue weighted by atomic mass is 10.1. The maximum Gasteiger partial charge on any atom is 0.358 e. The van der Waals surface area contributed by atoms with Crippen LogP contribution in [-0.4, -0.2) is 88.5 Å². The molecule has 3 amide bonds. The number of thioether (sulfide) groups is 1. The molecule has 2 aromatic rings. The minimum Gasteiger partial charge on any atom is -0.360 e. The number of hydrogen-bond acceptors (Lipinski definition) is 13. The van der Waals surface area contributed by atoms with Crippen LogP contribution in [0.2, 0.25) is 0 Å². The van der Waals surface area contributed by atoms with Crippen LogP contribution in [-0.2, 0) is 48.7 Å². The summed E-state index contributed by atoms with van der Waals surface area (Å²) in [6.45, 7) is -1.01. The number of allylic oxidation sites excluding steroid dienone is 5. The van der Waals surface area contributed by atoms with Crippen molar-refractivity contribution in [3.63, 3.8) is 0 Å². The lowest BCUT2D eigenvalue weighted by Gasteiger charge is -2.21. The topological polar surface area (TPSA) is 202 Å². The van der Waals surface area contributed by atoms with E-state index in [1.54, 1.807) is 35.2 Å². The SMILES string of the molecule is CN(C(=O)COCC(=O)ON1C(=O)CCC1=O)c1ccc2c(c1)S/C(=C/C=C/C=C1/C(=O)c3ccccc3S1(=O)=O)N2CCCS(=O)(=O)O. The summed E-state index contributed by atoms with van der Waals surface area (Å²) in [5.74, 6) is -3.92. The molecule has 3 aliphatic heterocycles. The zero-order valence-electron chi connectivity index (χ0n) is 25.8. The predicted octanol–water partition coefficient (Wildman–Crippen LogP) is 2.41. The molecule has 2 aromatic carbocycles. The third kappa shape index (κ3) is 8.00. The Balaban J connectivity index is 1.27. The van der Waals surface area contributed by atoms with E-state index in [-0.39, 0.29) is 41.2 Å². The molecule has 0 saturated carbocycles. The van der Waals surface area contributed by atoms with Crippen LogP contribution < -0.4 is 9.80 Å². The van der Waals surface area contributed by atoms with Gasteiger partial charge in [0, 0.05) is 42.6 Å². The number of benzene rings is 2. The second-order valence-electron chi connectivity index (χ2n) is 10.8. The molecule has 18 heteroatoms. The number of ketones is 1. The van der Waals surface area contributed by atoms with Gasteiger partial charge in [-0.3, -0.25) is 23.7 Å². The van der Waals surface area contributed by atoms with Crippen molar-refractivity contribution in [3.05, 3.63) is 82.3 Å². The van der Waals surface area contributed by atoms with Gasteiger partial charge in [0.05, 0.1) is 21.4 Å². The second-order valence-corrected chi connectivity index (χ2v) is 15.3. The number of imide groups is 1. The lowest BCUT2D eigenvalue weighted by Crippen LogP contribution is -2.35. The molecule has 0 bridgehead atoms. The maximum atomic E-state index is 12.9. The number of hydroxylamine groups is 2. The highest BCUT2D eigenvalue weighted by molar-refractivity contribution is 8.03. The van der Waals surface area contributed by atoms with Crippen LogP contribution in [0.1, 0.15) is 29.6 Å². The lowest BCUT2D eigenvalue weighted by molar-refractivity contribution is -0.200. The van der Waals surface area contributed by atoms with Crippen LogP contribution >= 0.6 is 11.8 Å². The first-order chi connectivity index (χ1) is 23.2. The van der Waals surface area contributed by atoms with E-state index in [4.69, 9.17) is 9.57 Å². The summed E-state index contributed by atoms with van der Waals surface area (Å²) < 4.78 is 62.8. The van der Waals surface area contributed by atoms with Gasteiger partial charge in [-0.1, -0.05) is 36.0 Å². The predicted molar refractivity (Wildman–Crippen MR) is 175 cm³/mol. The van der Waals surface area contributed by atoms with E-state index in [0.717, 1.165) is 0 Å². The Morgan fingerprint density at radius 3 is 2.41 bits per heavy atom. The monoisotopic (exact) mass is 731 g/mol. The van der Waals surface area contributed by atoms with Crippen molar-refractivity contribution in [2.75, 3.05) is 42.4 Å². The van der Waals surface area contributed by atoms with Crippen molar-refractivity contribution in [3.8, 4) is 0 Å². The molecule has 0 atom stereocenters. The first-order valence-corrected chi connectivity index (χ1v) is 18.5. The van der Waals surface area contributed by atoms with Crippen LogP contribution in [0, 0.1) is 0 Å². The van der Waals surface area contributed by atoms with Gasteiger partial charge in [0.25, 0.3) is 27.8 Å². The number of ether oxygens (including phenoxy) is 1. The Kier molecular flexibility index (Phi) is 10.5. The summed E-state index contributed by atoms with van der Waals surface area (Å²) in [6, 6.07) is 11.0. The summed E-state index contributed by atoms with van der Waals surface area (Å²) in [6.07, 6.45) is 5.78. The number of Topliss-reactive ketones (excluding diaryl/α,β-unsaturated/α-hetero) is 1. The third-order valence-electron chi connectivity index (χ3n) is 7.44. The van der Waals surface area contributed by atoms with Crippen molar-refractivity contribution in [2.24, 2.45) is 0 Å². The molecule has 49 heavy (non-hydrogen) atoms. The molecule has 1 saturated heterocycles. The number of sulfone groups is 1. The van der Waals surface area contributed by atoms with Crippen LogP contribution in [0.3, 0.4) is 0 Å². The molecular weight excluding hydrogens is 703 g/mol. The summed E-state index contributed by atoms with van der Waals surface area (Å²) in [5, 5.41) is 0.996. The van der Waals surface area contributed by atoms with Crippen LogP contribution in [0.5, 0.6) is 0 Å². The number of carbonyl (C=O) groups excluding carboxylic acids is 5. The van der Waals surface area contributed by atoms with Gasteiger partial charge in [0.1, 0.15) is 18.1 Å². The normalized spacial score (nSPS) is 18.5. The van der Waals surface area contributed by atoms with E-state index >= 15 is 0 Å². The number of carbonyl (C=O) groups is 5. The Hall–Kier alpha value is -4.62. The van der Waals surface area contributed by atoms with Crippen LogP contribution in [0.4, 0.5) is 11.4 Å². The summed E-state index contributed by atoms with van der Waals surface area (Å²) in [4.78, 5) is 68.7. The van der Waals surface area contributed by atoms with Gasteiger partial charge in [0.2, 0.25) is 15.6 Å². The van der Waals surface area contributed by atoms with Gasteiger partial charge in [-0.2, -0.15) is 8.42 Å². The zero-order valence-corrected chi connectivity index (χ0v) is 28.3. The number of amides is 3. The second kappa shape index (κ2) is 14.5. The largest absolute Gasteiger partial charge is 0.360 e. The third-order valence-corrected chi connectivity index (χ3v) is 11.2. The zero-order chi connectivity index (χ0) is 35.5. The average molecular weight is 732 g/mol. The molecule has 0 unspecified atom stereocenters. The quantitative estimate of drug-likeness (QED) is 0.189. The molecule has 0 radical (unpaired) electrons. The van der Waals surface area contributed by atoms with Crippen molar-refractivity contribution < 1.29 is 54.9 Å². The molecule has 5 rings (SSSR count). The fourth-order valence-corrected chi connectivity index (χ4v) is 8.20. The van der Waals surface area contributed by atoms with Gasteiger partial charge in [-0.05, 0) is 48.9 Å². The Morgan fingerprint density at radius 2 is 1.71 bits per heavy atom. The van der Waals surface area contributed by atoms with E-state index in [9.17, 15) is 45.4 Å². The van der Waals surface area contributed by atoms with Crippen LogP contribution in [0.15, 0.2) is 86.5 Å². The number of anilines is 2. The molecule has 0 aliphatic carbocycles. The van der Waals surface area contributed by atoms with Crippen molar-refractivity contribution in [2.45, 2.75) is 29.1 Å². The molecule has 0 aromatic heterocycles. The number of rotatable bonds is 12. The van der Waals surface area contributed by atoms with E-state index in [2.05, 4.69) is 0 Å². The van der Waals surface area contributed by atoms with Crippen LogP contribution in [0.25, 0.3) is 0 Å². The summed E-state index contributed by atoms with van der Waals surface area (Å²) in [7, 11) is -6.69. The number of hydrogen-bond donors (Lipinski definition) is 1. The molecule has 3 heterocycles. The van der Waals surface area contributed by atoms with Gasteiger partial charge in [-0.25, -0.2) is 13.2 Å².